The summed E-state index contributed by atoms with van der Waals surface area (Å²) < 4.78 is 5.62. The van der Waals surface area contributed by atoms with Crippen LogP contribution in [0.4, 0.5) is 0 Å². The zero-order valence-corrected chi connectivity index (χ0v) is 8.01. The third-order valence-electron chi connectivity index (χ3n) is 1.67. The van der Waals surface area contributed by atoms with Crippen molar-refractivity contribution in [1.29, 1.82) is 0 Å². The quantitative estimate of drug-likeness (QED) is 0.649. The van der Waals surface area contributed by atoms with Crippen LogP contribution in [0.15, 0.2) is 0 Å². The van der Waals surface area contributed by atoms with Crippen LogP contribution in [0.2, 0.25) is 0 Å². The lowest BCUT2D eigenvalue weighted by molar-refractivity contribution is 0.0310. The van der Waals surface area contributed by atoms with Crippen molar-refractivity contribution >= 4 is 24.4 Å². The first-order valence-electron chi connectivity index (χ1n) is 3.66. The van der Waals surface area contributed by atoms with Gasteiger partial charge < -0.3 is 4.74 Å². The van der Waals surface area contributed by atoms with Gasteiger partial charge in [-0.1, -0.05) is 0 Å². The fourth-order valence-corrected chi connectivity index (χ4v) is 2.71. The molecule has 1 fully saturated rings. The van der Waals surface area contributed by atoms with E-state index in [4.69, 9.17) is 4.74 Å². The third-order valence-corrected chi connectivity index (χ3v) is 3.32. The van der Waals surface area contributed by atoms with Crippen molar-refractivity contribution in [2.45, 2.75) is 24.7 Å². The maximum absolute atomic E-state index is 5.62. The molecule has 1 heterocycles. The van der Waals surface area contributed by atoms with Crippen molar-refractivity contribution in [3.05, 3.63) is 0 Å². The molecule has 0 N–H and O–H groups in total. The van der Waals surface area contributed by atoms with Crippen molar-refractivity contribution in [2.75, 3.05) is 18.1 Å². The van der Waals surface area contributed by atoms with Gasteiger partial charge in [0.25, 0.3) is 0 Å². The molecule has 1 aliphatic heterocycles. The summed E-state index contributed by atoms with van der Waals surface area (Å²) in [5.41, 5.74) is 0. The van der Waals surface area contributed by atoms with Gasteiger partial charge in [0.15, 0.2) is 0 Å². The van der Waals surface area contributed by atoms with E-state index in [2.05, 4.69) is 19.6 Å². The molecule has 0 saturated carbocycles. The SMILES string of the molecule is CC1(CCS)OCCCS1. The van der Waals surface area contributed by atoms with Crippen LogP contribution in [0.1, 0.15) is 19.8 Å². The Morgan fingerprint density at radius 3 is 3.00 bits per heavy atom. The molecule has 60 valence electrons. The first-order chi connectivity index (χ1) is 4.77. The summed E-state index contributed by atoms with van der Waals surface area (Å²) in [6.07, 6.45) is 2.26. The summed E-state index contributed by atoms with van der Waals surface area (Å²) >= 11 is 6.11. The normalized spacial score (nSPS) is 34.2. The van der Waals surface area contributed by atoms with Crippen LogP contribution in [-0.2, 0) is 4.74 Å². The number of ether oxygens (including phenoxy) is 1. The summed E-state index contributed by atoms with van der Waals surface area (Å²) in [6.45, 7) is 3.09. The number of hydrogen-bond acceptors (Lipinski definition) is 3. The molecule has 1 atom stereocenters. The molecular weight excluding hydrogens is 164 g/mol. The molecule has 3 heteroatoms. The van der Waals surface area contributed by atoms with Crippen LogP contribution in [0, 0.1) is 0 Å². The zero-order chi connectivity index (χ0) is 7.45. The standard InChI is InChI=1S/C7H14OS2/c1-7(3-5-9)8-4-2-6-10-7/h9H,2-6H2,1H3. The molecule has 0 radical (unpaired) electrons. The van der Waals surface area contributed by atoms with Crippen LogP contribution in [0.3, 0.4) is 0 Å². The fraction of sp³-hybridized carbons (Fsp3) is 1.00. The predicted octanol–water partition coefficient (Wildman–Crippen LogP) is 2.18. The van der Waals surface area contributed by atoms with E-state index in [1.807, 2.05) is 11.8 Å². The van der Waals surface area contributed by atoms with E-state index in [0.717, 1.165) is 18.8 Å². The van der Waals surface area contributed by atoms with Crippen LogP contribution in [0.25, 0.3) is 0 Å². The second-order valence-electron chi connectivity index (χ2n) is 2.66. The molecular formula is C7H14OS2. The van der Waals surface area contributed by atoms with Gasteiger partial charge in [-0.05, 0) is 31.3 Å². The van der Waals surface area contributed by atoms with E-state index in [1.54, 1.807) is 0 Å². The Kier molecular flexibility index (Phi) is 3.40. The molecule has 0 spiro atoms. The Hall–Kier alpha value is 0.660. The monoisotopic (exact) mass is 178 g/mol. The molecule has 0 bridgehead atoms. The number of thioether (sulfide) groups is 1. The average molecular weight is 178 g/mol. The summed E-state index contributed by atoms with van der Waals surface area (Å²) in [6, 6.07) is 0. The van der Waals surface area contributed by atoms with E-state index in [9.17, 15) is 0 Å². The summed E-state index contributed by atoms with van der Waals surface area (Å²) in [5, 5.41) is 0. The first-order valence-corrected chi connectivity index (χ1v) is 5.27. The number of thiol groups is 1. The van der Waals surface area contributed by atoms with Crippen molar-refractivity contribution in [2.24, 2.45) is 0 Å². The molecule has 1 aliphatic rings. The average Bonchev–Trinajstić information content (AvgIpc) is 1.89. The number of hydrogen-bond donors (Lipinski definition) is 1. The summed E-state index contributed by atoms with van der Waals surface area (Å²) in [5.74, 6) is 2.16. The summed E-state index contributed by atoms with van der Waals surface area (Å²) in [4.78, 5) is 0.0694. The van der Waals surface area contributed by atoms with Gasteiger partial charge in [-0.2, -0.15) is 12.6 Å². The zero-order valence-electron chi connectivity index (χ0n) is 6.30. The van der Waals surface area contributed by atoms with E-state index in [1.165, 1.54) is 12.2 Å². The highest BCUT2D eigenvalue weighted by molar-refractivity contribution is 8.00. The van der Waals surface area contributed by atoms with Gasteiger partial charge in [0.05, 0.1) is 0 Å². The molecule has 1 rings (SSSR count). The van der Waals surface area contributed by atoms with Crippen molar-refractivity contribution in [1.82, 2.24) is 0 Å². The lowest BCUT2D eigenvalue weighted by Gasteiger charge is -2.32. The van der Waals surface area contributed by atoms with Crippen LogP contribution >= 0.6 is 24.4 Å². The van der Waals surface area contributed by atoms with Gasteiger partial charge in [0.2, 0.25) is 0 Å². The smallest absolute Gasteiger partial charge is 0.111 e. The molecule has 0 aromatic rings. The van der Waals surface area contributed by atoms with E-state index in [0.29, 0.717) is 0 Å². The third kappa shape index (κ3) is 2.36. The maximum atomic E-state index is 5.62. The molecule has 10 heavy (non-hydrogen) atoms. The largest absolute Gasteiger partial charge is 0.365 e. The Morgan fingerprint density at radius 2 is 2.50 bits per heavy atom. The van der Waals surface area contributed by atoms with Gasteiger partial charge in [-0.25, -0.2) is 0 Å². The lowest BCUT2D eigenvalue weighted by atomic mass is 10.3. The Morgan fingerprint density at radius 1 is 1.70 bits per heavy atom. The van der Waals surface area contributed by atoms with Crippen LogP contribution in [0.5, 0.6) is 0 Å². The molecule has 0 aliphatic carbocycles. The van der Waals surface area contributed by atoms with Crippen molar-refractivity contribution < 1.29 is 4.74 Å². The van der Waals surface area contributed by atoms with E-state index in [-0.39, 0.29) is 4.93 Å². The molecule has 0 aromatic carbocycles. The Balaban J connectivity index is 2.32. The van der Waals surface area contributed by atoms with Gasteiger partial charge in [0.1, 0.15) is 4.93 Å². The van der Waals surface area contributed by atoms with Crippen LogP contribution in [-0.4, -0.2) is 23.0 Å². The lowest BCUT2D eigenvalue weighted by Crippen LogP contribution is -2.30. The fourth-order valence-electron chi connectivity index (χ4n) is 1.02. The molecule has 0 amide bonds. The minimum Gasteiger partial charge on any atom is -0.365 e. The van der Waals surface area contributed by atoms with Gasteiger partial charge in [-0.15, -0.1) is 11.8 Å². The van der Waals surface area contributed by atoms with Crippen molar-refractivity contribution in [3.8, 4) is 0 Å². The first kappa shape index (κ1) is 8.75. The van der Waals surface area contributed by atoms with Crippen LogP contribution < -0.4 is 0 Å². The molecule has 1 unspecified atom stereocenters. The minimum atomic E-state index is 0.0694. The summed E-state index contributed by atoms with van der Waals surface area (Å²) in [7, 11) is 0. The molecule has 0 aromatic heterocycles. The topological polar surface area (TPSA) is 9.23 Å². The second-order valence-corrected chi connectivity index (χ2v) is 4.67. The van der Waals surface area contributed by atoms with Gasteiger partial charge in [-0.3, -0.25) is 0 Å². The van der Waals surface area contributed by atoms with Gasteiger partial charge in [0, 0.05) is 6.61 Å². The highest BCUT2D eigenvalue weighted by Gasteiger charge is 2.27. The van der Waals surface area contributed by atoms with E-state index < -0.39 is 0 Å². The predicted molar refractivity (Wildman–Crippen MR) is 49.9 cm³/mol. The molecule has 1 saturated heterocycles. The number of rotatable bonds is 2. The van der Waals surface area contributed by atoms with Gasteiger partial charge >= 0.3 is 0 Å². The van der Waals surface area contributed by atoms with Crippen molar-refractivity contribution in [3.63, 3.8) is 0 Å². The Bertz CT molecular complexity index is 94.3. The Labute approximate surface area is 72.3 Å². The highest BCUT2D eigenvalue weighted by atomic mass is 32.2. The second kappa shape index (κ2) is 3.88. The molecule has 1 nitrogen and oxygen atoms in total. The highest BCUT2D eigenvalue weighted by Crippen LogP contribution is 2.34. The minimum absolute atomic E-state index is 0.0694. The maximum Gasteiger partial charge on any atom is 0.111 e. The van der Waals surface area contributed by atoms with E-state index >= 15 is 0 Å².